The molecule has 0 saturated carbocycles. The van der Waals surface area contributed by atoms with Crippen molar-refractivity contribution in [2.45, 2.75) is 20.3 Å². The molecular weight excluding hydrogens is 238 g/mol. The van der Waals surface area contributed by atoms with E-state index in [0.717, 1.165) is 16.5 Å². The molecule has 2 heteroatoms. The summed E-state index contributed by atoms with van der Waals surface area (Å²) in [5, 5.41) is 1.23. The summed E-state index contributed by atoms with van der Waals surface area (Å²) in [7, 11) is 0. The highest BCUT2D eigenvalue weighted by molar-refractivity contribution is 9.10. The summed E-state index contributed by atoms with van der Waals surface area (Å²) in [5.74, 6) is 0. The van der Waals surface area contributed by atoms with Crippen LogP contribution in [0.4, 0.5) is 0 Å². The van der Waals surface area contributed by atoms with Gasteiger partial charge in [0.2, 0.25) is 0 Å². The molecule has 1 nitrogen and oxygen atoms in total. The van der Waals surface area contributed by atoms with Gasteiger partial charge in [-0.15, -0.1) is 0 Å². The molecular formula is C12H12BrN. The maximum absolute atomic E-state index is 4.56. The predicted octanol–water partition coefficient (Wildman–Crippen LogP) is 3.87. The third kappa shape index (κ3) is 1.55. The Morgan fingerprint density at radius 3 is 2.86 bits per heavy atom. The van der Waals surface area contributed by atoms with E-state index in [4.69, 9.17) is 0 Å². The van der Waals surface area contributed by atoms with Crippen LogP contribution >= 0.6 is 15.9 Å². The van der Waals surface area contributed by atoms with Crippen molar-refractivity contribution in [1.29, 1.82) is 0 Å². The standard InChI is InChI=1S/C12H12BrN/c1-3-9-7-10-6-4-5-8(2)11(10)14-12(9)13/h4-7H,3H2,1-2H3. The van der Waals surface area contributed by atoms with E-state index in [9.17, 15) is 0 Å². The highest BCUT2D eigenvalue weighted by atomic mass is 79.9. The van der Waals surface area contributed by atoms with Crippen LogP contribution in [-0.4, -0.2) is 4.98 Å². The first-order chi connectivity index (χ1) is 6.72. The Morgan fingerprint density at radius 1 is 1.36 bits per heavy atom. The van der Waals surface area contributed by atoms with Gasteiger partial charge in [0.1, 0.15) is 4.60 Å². The zero-order chi connectivity index (χ0) is 10.1. The predicted molar refractivity (Wildman–Crippen MR) is 63.6 cm³/mol. The number of aryl methyl sites for hydroxylation is 2. The molecule has 0 atom stereocenters. The van der Waals surface area contributed by atoms with Crippen LogP contribution in [0.25, 0.3) is 10.9 Å². The lowest BCUT2D eigenvalue weighted by molar-refractivity contribution is 1.10. The average molecular weight is 250 g/mol. The molecule has 0 aliphatic rings. The van der Waals surface area contributed by atoms with Crippen molar-refractivity contribution in [3.8, 4) is 0 Å². The fraction of sp³-hybridized carbons (Fsp3) is 0.250. The van der Waals surface area contributed by atoms with Gasteiger partial charge in [-0.1, -0.05) is 25.1 Å². The van der Waals surface area contributed by atoms with Gasteiger partial charge in [-0.05, 0) is 46.5 Å². The third-order valence-electron chi connectivity index (χ3n) is 2.45. The van der Waals surface area contributed by atoms with E-state index in [-0.39, 0.29) is 0 Å². The van der Waals surface area contributed by atoms with Crippen LogP contribution in [-0.2, 0) is 6.42 Å². The highest BCUT2D eigenvalue weighted by Gasteiger charge is 2.03. The molecule has 0 radical (unpaired) electrons. The van der Waals surface area contributed by atoms with Gasteiger partial charge in [0.25, 0.3) is 0 Å². The quantitative estimate of drug-likeness (QED) is 0.700. The van der Waals surface area contributed by atoms with Crippen molar-refractivity contribution in [3.05, 3.63) is 40.0 Å². The number of rotatable bonds is 1. The summed E-state index contributed by atoms with van der Waals surface area (Å²) in [5.41, 5.74) is 3.59. The molecule has 2 aromatic rings. The van der Waals surface area contributed by atoms with Gasteiger partial charge in [-0.3, -0.25) is 0 Å². The van der Waals surface area contributed by atoms with Crippen molar-refractivity contribution >= 4 is 26.8 Å². The van der Waals surface area contributed by atoms with E-state index in [1.54, 1.807) is 0 Å². The molecule has 0 saturated heterocycles. The van der Waals surface area contributed by atoms with Gasteiger partial charge in [0.15, 0.2) is 0 Å². The van der Waals surface area contributed by atoms with E-state index >= 15 is 0 Å². The number of para-hydroxylation sites is 1. The maximum atomic E-state index is 4.56. The van der Waals surface area contributed by atoms with Crippen molar-refractivity contribution in [2.75, 3.05) is 0 Å². The molecule has 0 bridgehead atoms. The minimum absolute atomic E-state index is 0.974. The molecule has 0 amide bonds. The van der Waals surface area contributed by atoms with E-state index in [1.807, 2.05) is 0 Å². The second-order valence-electron chi connectivity index (χ2n) is 3.44. The Morgan fingerprint density at radius 2 is 2.14 bits per heavy atom. The first-order valence-electron chi connectivity index (χ1n) is 4.77. The summed E-state index contributed by atoms with van der Waals surface area (Å²) in [4.78, 5) is 4.56. The number of pyridine rings is 1. The smallest absolute Gasteiger partial charge is 0.110 e. The minimum Gasteiger partial charge on any atom is -0.240 e. The molecule has 0 spiro atoms. The fourth-order valence-electron chi connectivity index (χ4n) is 1.62. The van der Waals surface area contributed by atoms with Crippen LogP contribution < -0.4 is 0 Å². The Bertz CT molecular complexity index is 477. The summed E-state index contributed by atoms with van der Waals surface area (Å²) in [6, 6.07) is 8.49. The summed E-state index contributed by atoms with van der Waals surface area (Å²) < 4.78 is 0.974. The second kappa shape index (κ2) is 3.70. The molecule has 0 unspecified atom stereocenters. The Hall–Kier alpha value is -0.890. The number of hydrogen-bond donors (Lipinski definition) is 0. The van der Waals surface area contributed by atoms with Crippen LogP contribution in [0.15, 0.2) is 28.9 Å². The Balaban J connectivity index is 2.79. The molecule has 1 heterocycles. The van der Waals surface area contributed by atoms with Crippen molar-refractivity contribution < 1.29 is 0 Å². The van der Waals surface area contributed by atoms with Gasteiger partial charge in [-0.25, -0.2) is 4.98 Å². The van der Waals surface area contributed by atoms with Crippen molar-refractivity contribution in [1.82, 2.24) is 4.98 Å². The van der Waals surface area contributed by atoms with Crippen LogP contribution in [0.3, 0.4) is 0 Å². The second-order valence-corrected chi connectivity index (χ2v) is 4.19. The Labute approximate surface area is 92.3 Å². The molecule has 1 aromatic carbocycles. The summed E-state index contributed by atoms with van der Waals surface area (Å²) >= 11 is 3.50. The normalized spacial score (nSPS) is 10.8. The maximum Gasteiger partial charge on any atom is 0.110 e. The largest absolute Gasteiger partial charge is 0.240 e. The van der Waals surface area contributed by atoms with Crippen molar-refractivity contribution in [2.24, 2.45) is 0 Å². The number of aromatic nitrogens is 1. The monoisotopic (exact) mass is 249 g/mol. The Kier molecular flexibility index (Phi) is 2.55. The van der Waals surface area contributed by atoms with Gasteiger partial charge >= 0.3 is 0 Å². The first kappa shape index (κ1) is 9.66. The highest BCUT2D eigenvalue weighted by Crippen LogP contribution is 2.23. The van der Waals surface area contributed by atoms with Crippen LogP contribution in [0, 0.1) is 6.92 Å². The molecule has 2 rings (SSSR count). The zero-order valence-corrected chi connectivity index (χ0v) is 9.93. The van der Waals surface area contributed by atoms with Gasteiger partial charge in [0, 0.05) is 5.39 Å². The molecule has 0 N–H and O–H groups in total. The van der Waals surface area contributed by atoms with Gasteiger partial charge in [-0.2, -0.15) is 0 Å². The summed E-state index contributed by atoms with van der Waals surface area (Å²) in [6.07, 6.45) is 1.01. The van der Waals surface area contributed by atoms with Crippen LogP contribution in [0.5, 0.6) is 0 Å². The SMILES string of the molecule is CCc1cc2cccc(C)c2nc1Br. The topological polar surface area (TPSA) is 12.9 Å². The molecule has 0 fully saturated rings. The number of hydrogen-bond acceptors (Lipinski definition) is 1. The zero-order valence-electron chi connectivity index (χ0n) is 8.34. The summed E-state index contributed by atoms with van der Waals surface area (Å²) in [6.45, 7) is 4.23. The number of nitrogens with zero attached hydrogens (tertiary/aromatic N) is 1. The number of halogens is 1. The number of benzene rings is 1. The molecule has 0 aliphatic heterocycles. The minimum atomic E-state index is 0.974. The molecule has 1 aromatic heterocycles. The average Bonchev–Trinajstić information content (AvgIpc) is 2.19. The van der Waals surface area contributed by atoms with Gasteiger partial charge in [0.05, 0.1) is 5.52 Å². The lowest BCUT2D eigenvalue weighted by Crippen LogP contribution is -1.90. The molecule has 14 heavy (non-hydrogen) atoms. The van der Waals surface area contributed by atoms with Crippen LogP contribution in [0.2, 0.25) is 0 Å². The van der Waals surface area contributed by atoms with Gasteiger partial charge < -0.3 is 0 Å². The first-order valence-corrected chi connectivity index (χ1v) is 5.56. The molecule has 0 aliphatic carbocycles. The van der Waals surface area contributed by atoms with E-state index in [1.165, 1.54) is 16.5 Å². The lowest BCUT2D eigenvalue weighted by Gasteiger charge is -2.05. The third-order valence-corrected chi connectivity index (χ3v) is 3.14. The van der Waals surface area contributed by atoms with E-state index in [2.05, 4.69) is 59.0 Å². The fourth-order valence-corrected chi connectivity index (χ4v) is 2.19. The van der Waals surface area contributed by atoms with E-state index in [0.29, 0.717) is 0 Å². The van der Waals surface area contributed by atoms with Crippen LogP contribution in [0.1, 0.15) is 18.1 Å². The lowest BCUT2D eigenvalue weighted by atomic mass is 10.1. The number of fused-ring (bicyclic) bond motifs is 1. The molecule has 72 valence electrons. The van der Waals surface area contributed by atoms with E-state index < -0.39 is 0 Å². The van der Waals surface area contributed by atoms with Crippen molar-refractivity contribution in [3.63, 3.8) is 0 Å².